The number of likely N-dealkylation sites (N-methyl/N-ethyl adjacent to an activating group) is 1. The Kier molecular flexibility index (Phi) is 15.1. The molecule has 1 fully saturated rings. The monoisotopic (exact) mass is 946 g/mol. The predicted molar refractivity (Wildman–Crippen MR) is 259 cm³/mol. The van der Waals surface area contributed by atoms with Gasteiger partial charge < -0.3 is 50.8 Å². The second-order valence-electron chi connectivity index (χ2n) is 16.4. The minimum absolute atomic E-state index is 0.00703. The molecule has 4 aromatic heterocycles. The van der Waals surface area contributed by atoms with Crippen LogP contribution in [-0.4, -0.2) is 126 Å². The van der Waals surface area contributed by atoms with Gasteiger partial charge in [-0.1, -0.05) is 18.2 Å². The largest absolute Gasteiger partial charge is 0.494 e. The second-order valence-corrected chi connectivity index (χ2v) is 16.4. The fraction of sp³-hybridized carbons (Fsp3) is 0.370. The van der Waals surface area contributed by atoms with E-state index in [0.717, 1.165) is 6.42 Å². The molecule has 1 aliphatic heterocycles. The molecule has 364 valence electrons. The van der Waals surface area contributed by atoms with Gasteiger partial charge >= 0.3 is 0 Å². The number of hydrogen-bond donors (Lipinski definition) is 7. The van der Waals surface area contributed by atoms with Gasteiger partial charge in [-0.05, 0) is 76.6 Å². The Labute approximate surface area is 397 Å². The molecular weight excluding hydrogens is 889 g/mol. The van der Waals surface area contributed by atoms with Gasteiger partial charge in [-0.15, -0.1) is 0 Å². The molecule has 69 heavy (non-hydrogen) atoms. The number of ether oxygens (including phenoxy) is 3. The standard InChI is InChI=1S/C46H58N16O7/c1-7-61-34(17-26(3)56-61)42(65)54-45-52-32-19-28(40(47)63)21-36(67-6)38(32)59(45)13-9-10-14-60-39-33(53-46(60)55-43(66)35-18-27(4)57-62(35)8-2)20-29(41(48)64)22-37(39)69-16-12-11-15-68-31-23-30(51-24-31)25-58(5)44(49)50/h9-12,17-22,30-31,51H,7-8,13-16,23-25H2,1-6H3,(H2,47,63)(H2,48,64)(H3,49,50)(H,52,54,65)(H,53,55,66)/b10-9+,12-11+. The fourth-order valence-corrected chi connectivity index (χ4v) is 8.13. The minimum Gasteiger partial charge on any atom is -0.494 e. The molecule has 0 spiro atoms. The van der Waals surface area contributed by atoms with Crippen LogP contribution in [0.3, 0.4) is 0 Å². The van der Waals surface area contributed by atoms with Crippen LogP contribution in [0.15, 0.2) is 60.7 Å². The zero-order chi connectivity index (χ0) is 49.5. The molecule has 0 bridgehead atoms. The smallest absolute Gasteiger partial charge is 0.276 e. The third-order valence-electron chi connectivity index (χ3n) is 11.5. The van der Waals surface area contributed by atoms with Crippen molar-refractivity contribution in [2.24, 2.45) is 17.2 Å². The Morgan fingerprint density at radius 1 is 0.783 bits per heavy atom. The number of nitrogens with one attached hydrogen (secondary N) is 4. The van der Waals surface area contributed by atoms with Gasteiger partial charge in [-0.25, -0.2) is 9.97 Å². The van der Waals surface area contributed by atoms with E-state index in [1.165, 1.54) is 31.4 Å². The van der Waals surface area contributed by atoms with Crippen LogP contribution in [0.2, 0.25) is 0 Å². The van der Waals surface area contributed by atoms with Gasteiger partial charge in [-0.2, -0.15) is 10.2 Å². The highest BCUT2D eigenvalue weighted by Crippen LogP contribution is 2.33. The first-order chi connectivity index (χ1) is 33.1. The lowest BCUT2D eigenvalue weighted by Gasteiger charge is -2.21. The number of methoxy groups -OCH3 is 1. The van der Waals surface area contributed by atoms with Gasteiger partial charge in [0.05, 0.1) is 42.2 Å². The van der Waals surface area contributed by atoms with E-state index in [2.05, 4.69) is 26.1 Å². The Morgan fingerprint density at radius 2 is 1.29 bits per heavy atom. The SMILES string of the molecule is CCn1nc(C)cc1C(=O)Nc1nc2cc(C(N)=O)cc(OC)c2n1C/C=C/Cn1c(NC(=O)c2cc(C)nn2CC)nc2cc(C(N)=O)cc(OC/C=C/COC3CNC(CN(C)C(=N)N)C3)c21. The Bertz CT molecular complexity index is 2980. The van der Waals surface area contributed by atoms with Crippen LogP contribution in [0.5, 0.6) is 11.5 Å². The number of hydrogen-bond acceptors (Lipinski definition) is 13. The molecule has 2 aromatic carbocycles. The number of primary amides is 2. The summed E-state index contributed by atoms with van der Waals surface area (Å²) in [4.78, 5) is 63.7. The number of carbonyl (C=O) groups excluding carboxylic acids is 4. The van der Waals surface area contributed by atoms with Crippen molar-refractivity contribution < 1.29 is 33.4 Å². The molecule has 1 aliphatic rings. The molecule has 6 aromatic rings. The number of benzene rings is 2. The van der Waals surface area contributed by atoms with E-state index in [1.807, 2.05) is 32.1 Å². The summed E-state index contributed by atoms with van der Waals surface area (Å²) in [6.07, 6.45) is 8.06. The average Bonchev–Trinajstić information content (AvgIpc) is 4.16. The summed E-state index contributed by atoms with van der Waals surface area (Å²) >= 11 is 0. The van der Waals surface area contributed by atoms with Crippen molar-refractivity contribution >= 4 is 63.6 Å². The number of imidazole rings is 2. The van der Waals surface area contributed by atoms with Crippen LogP contribution in [0, 0.1) is 19.3 Å². The maximum absolute atomic E-state index is 13.9. The summed E-state index contributed by atoms with van der Waals surface area (Å²) in [6.45, 7) is 10.2. The number of carbonyl (C=O) groups is 4. The van der Waals surface area contributed by atoms with Crippen molar-refractivity contribution in [2.75, 3.05) is 51.1 Å². The highest BCUT2D eigenvalue weighted by Gasteiger charge is 2.26. The summed E-state index contributed by atoms with van der Waals surface area (Å²) in [5.41, 5.74) is 21.0. The summed E-state index contributed by atoms with van der Waals surface area (Å²) in [6, 6.07) is 9.61. The zero-order valence-corrected chi connectivity index (χ0v) is 39.4. The number of nitrogens with two attached hydrogens (primary N) is 3. The molecule has 4 amide bonds. The van der Waals surface area contributed by atoms with Crippen LogP contribution in [0.1, 0.15) is 73.3 Å². The lowest BCUT2D eigenvalue weighted by molar-refractivity contribution is 0.0868. The molecule has 2 atom stereocenters. The average molecular weight is 947 g/mol. The molecule has 5 heterocycles. The van der Waals surface area contributed by atoms with Gasteiger partial charge in [0.25, 0.3) is 11.8 Å². The number of guanidine groups is 1. The van der Waals surface area contributed by atoms with Crippen molar-refractivity contribution in [1.29, 1.82) is 5.41 Å². The highest BCUT2D eigenvalue weighted by molar-refractivity contribution is 6.05. The first-order valence-electron chi connectivity index (χ1n) is 22.4. The number of aromatic nitrogens is 8. The summed E-state index contributed by atoms with van der Waals surface area (Å²) in [5, 5.41) is 25.7. The summed E-state index contributed by atoms with van der Waals surface area (Å²) < 4.78 is 24.7. The van der Waals surface area contributed by atoms with Gasteiger partial charge in [0.15, 0.2) is 5.96 Å². The molecule has 10 N–H and O–H groups in total. The highest BCUT2D eigenvalue weighted by atomic mass is 16.5. The first kappa shape index (κ1) is 48.9. The molecule has 1 saturated heterocycles. The van der Waals surface area contributed by atoms with Crippen LogP contribution in [0.25, 0.3) is 22.1 Å². The number of amides is 4. The third kappa shape index (κ3) is 11.1. The maximum atomic E-state index is 13.9. The zero-order valence-electron chi connectivity index (χ0n) is 39.4. The van der Waals surface area contributed by atoms with E-state index in [9.17, 15) is 19.2 Å². The lowest BCUT2D eigenvalue weighted by Crippen LogP contribution is -2.41. The number of allylic oxidation sites excluding steroid dienone is 2. The van der Waals surface area contributed by atoms with E-state index in [0.29, 0.717) is 83.4 Å². The predicted octanol–water partition coefficient (Wildman–Crippen LogP) is 2.91. The molecule has 23 heteroatoms. The van der Waals surface area contributed by atoms with E-state index in [4.69, 9.17) is 46.8 Å². The molecule has 7 rings (SSSR count). The Morgan fingerprint density at radius 3 is 1.78 bits per heavy atom. The van der Waals surface area contributed by atoms with Gasteiger partial charge in [-0.3, -0.25) is 44.6 Å². The van der Waals surface area contributed by atoms with E-state index in [-0.39, 0.29) is 66.6 Å². The maximum Gasteiger partial charge on any atom is 0.276 e. The quantitative estimate of drug-likeness (QED) is 0.0310. The van der Waals surface area contributed by atoms with Crippen molar-refractivity contribution in [2.45, 2.75) is 72.4 Å². The minimum atomic E-state index is -0.700. The number of rotatable bonds is 21. The fourth-order valence-electron chi connectivity index (χ4n) is 8.13. The summed E-state index contributed by atoms with van der Waals surface area (Å²) in [5.74, 6) is -1.38. The van der Waals surface area contributed by atoms with Gasteiger partial charge in [0, 0.05) is 63.5 Å². The van der Waals surface area contributed by atoms with E-state index >= 15 is 0 Å². The van der Waals surface area contributed by atoms with Crippen molar-refractivity contribution in [3.8, 4) is 11.5 Å². The normalized spacial score (nSPS) is 14.9. The molecule has 0 aliphatic carbocycles. The van der Waals surface area contributed by atoms with Gasteiger partial charge in [0.1, 0.15) is 40.5 Å². The van der Waals surface area contributed by atoms with Crippen LogP contribution >= 0.6 is 0 Å². The summed E-state index contributed by atoms with van der Waals surface area (Å²) in [7, 11) is 3.23. The Hall–Kier alpha value is -8.05. The molecule has 2 unspecified atom stereocenters. The number of nitrogens with zero attached hydrogens (tertiary/aromatic N) is 9. The Balaban J connectivity index is 1.19. The van der Waals surface area contributed by atoms with Crippen molar-refractivity contribution in [3.63, 3.8) is 0 Å². The van der Waals surface area contributed by atoms with E-state index < -0.39 is 23.6 Å². The lowest BCUT2D eigenvalue weighted by atomic mass is 10.1. The number of anilines is 2. The van der Waals surface area contributed by atoms with Crippen molar-refractivity contribution in [1.82, 2.24) is 48.9 Å². The van der Waals surface area contributed by atoms with Gasteiger partial charge in [0.2, 0.25) is 23.7 Å². The number of fused-ring (bicyclic) bond motifs is 2. The van der Waals surface area contributed by atoms with Crippen molar-refractivity contribution in [3.05, 3.63) is 94.6 Å². The first-order valence-corrected chi connectivity index (χ1v) is 22.4. The molecule has 23 nitrogen and oxygen atoms in total. The molecule has 0 radical (unpaired) electrons. The second kappa shape index (κ2) is 21.3. The van der Waals surface area contributed by atoms with Crippen LogP contribution < -0.4 is 42.6 Å². The van der Waals surface area contributed by atoms with E-state index in [1.54, 1.807) is 62.5 Å². The van der Waals surface area contributed by atoms with Crippen LogP contribution in [-0.2, 0) is 30.9 Å². The molecule has 0 saturated carbocycles. The van der Waals surface area contributed by atoms with Crippen LogP contribution in [0.4, 0.5) is 11.9 Å². The third-order valence-corrected chi connectivity index (χ3v) is 11.5. The number of aryl methyl sites for hydroxylation is 4. The molecular formula is C46H58N16O7. The topological polar surface area (TPSA) is 308 Å².